The van der Waals surface area contributed by atoms with E-state index in [0.29, 0.717) is 16.8 Å². The van der Waals surface area contributed by atoms with Crippen molar-refractivity contribution in [1.29, 1.82) is 0 Å². The lowest BCUT2D eigenvalue weighted by Gasteiger charge is -2.50. The predicted molar refractivity (Wildman–Crippen MR) is 137 cm³/mol. The SMILES string of the molecule is CC(=O)c1ccc(NC(=O)CSC2NC(c3ccc([N+](=O)[O-])cc3)NC3C2C(=O)N(C)C(=O)N3C)cc1. The van der Waals surface area contributed by atoms with Crippen molar-refractivity contribution in [3.63, 3.8) is 0 Å². The first kappa shape index (κ1) is 26.3. The molecule has 0 aliphatic carbocycles. The number of ketones is 1. The van der Waals surface area contributed by atoms with Crippen LogP contribution in [0, 0.1) is 16.0 Å². The molecule has 0 radical (unpaired) electrons. The van der Waals surface area contributed by atoms with Crippen molar-refractivity contribution >= 4 is 46.8 Å². The number of carbonyl (C=O) groups excluding carboxylic acids is 4. The Labute approximate surface area is 216 Å². The smallest absolute Gasteiger partial charge is 0.325 e. The Balaban J connectivity index is 1.51. The van der Waals surface area contributed by atoms with Gasteiger partial charge in [0, 0.05) is 37.5 Å². The zero-order valence-electron chi connectivity index (χ0n) is 20.3. The van der Waals surface area contributed by atoms with Gasteiger partial charge in [-0.15, -0.1) is 11.8 Å². The number of benzene rings is 2. The molecule has 3 N–H and O–H groups in total. The molecule has 0 saturated carbocycles. The molecule has 4 atom stereocenters. The van der Waals surface area contributed by atoms with Gasteiger partial charge in [0.25, 0.3) is 5.69 Å². The number of nitro groups is 1. The Morgan fingerprint density at radius 3 is 2.30 bits per heavy atom. The van der Waals surface area contributed by atoms with Crippen molar-refractivity contribution in [3.8, 4) is 0 Å². The number of anilines is 1. The molecule has 37 heavy (non-hydrogen) atoms. The fourth-order valence-electron chi connectivity index (χ4n) is 4.33. The number of carbonyl (C=O) groups is 4. The van der Waals surface area contributed by atoms with Gasteiger partial charge in [-0.25, -0.2) is 4.79 Å². The van der Waals surface area contributed by atoms with Crippen LogP contribution in [0.2, 0.25) is 0 Å². The largest absolute Gasteiger partial charge is 0.327 e. The van der Waals surface area contributed by atoms with E-state index in [1.54, 1.807) is 43.4 Å². The highest BCUT2D eigenvalue weighted by Crippen LogP contribution is 2.34. The summed E-state index contributed by atoms with van der Waals surface area (Å²) in [6, 6.07) is 12.0. The molecular formula is C24H26N6O6S. The molecule has 2 aromatic rings. The van der Waals surface area contributed by atoms with Crippen molar-refractivity contribution in [2.45, 2.75) is 24.6 Å². The first-order valence-electron chi connectivity index (χ1n) is 11.4. The summed E-state index contributed by atoms with van der Waals surface area (Å²) in [6.45, 7) is 1.46. The molecule has 2 aliphatic heterocycles. The van der Waals surface area contributed by atoms with Crippen LogP contribution in [0.15, 0.2) is 48.5 Å². The molecule has 194 valence electrons. The van der Waals surface area contributed by atoms with Crippen LogP contribution in [0.4, 0.5) is 16.2 Å². The third kappa shape index (κ3) is 5.48. The molecule has 0 spiro atoms. The van der Waals surface area contributed by atoms with Crippen molar-refractivity contribution in [1.82, 2.24) is 20.4 Å². The van der Waals surface area contributed by atoms with Crippen LogP contribution in [0.1, 0.15) is 29.0 Å². The average Bonchev–Trinajstić information content (AvgIpc) is 2.89. The number of hydrogen-bond acceptors (Lipinski definition) is 9. The molecule has 2 aromatic carbocycles. The number of imide groups is 1. The molecule has 12 nitrogen and oxygen atoms in total. The molecule has 2 aliphatic rings. The lowest BCUT2D eigenvalue weighted by Crippen LogP contribution is -2.72. The molecule has 4 amide bonds. The normalized spacial score (nSPS) is 23.4. The second kappa shape index (κ2) is 10.7. The number of nitrogens with one attached hydrogen (secondary N) is 3. The van der Waals surface area contributed by atoms with Crippen LogP contribution in [-0.2, 0) is 9.59 Å². The summed E-state index contributed by atoms with van der Waals surface area (Å²) >= 11 is 1.22. The van der Waals surface area contributed by atoms with Crippen LogP contribution >= 0.6 is 11.8 Å². The van der Waals surface area contributed by atoms with Gasteiger partial charge in [0.2, 0.25) is 11.8 Å². The zero-order chi connectivity index (χ0) is 26.9. The number of fused-ring (bicyclic) bond motifs is 1. The maximum atomic E-state index is 13.1. The minimum atomic E-state index is -0.686. The summed E-state index contributed by atoms with van der Waals surface area (Å²) in [5, 5.41) is 19.8. The van der Waals surface area contributed by atoms with Crippen molar-refractivity contribution in [2.75, 3.05) is 25.2 Å². The second-order valence-electron chi connectivity index (χ2n) is 8.79. The van der Waals surface area contributed by atoms with E-state index in [2.05, 4.69) is 16.0 Å². The van der Waals surface area contributed by atoms with Crippen molar-refractivity contribution in [2.24, 2.45) is 5.92 Å². The summed E-state index contributed by atoms with van der Waals surface area (Å²) in [7, 11) is 3.01. The molecule has 2 fully saturated rings. The standard InChI is InChI=1S/C24H26N6O6S/c1-13(31)14-4-8-16(9-5-14)25-18(32)12-37-22-19-21(28(2)24(34)29(3)23(19)33)26-20(27-22)15-6-10-17(11-7-15)30(35)36/h4-11,19-22,26-27H,12H2,1-3H3,(H,25,32). The Bertz CT molecular complexity index is 1240. The predicted octanol–water partition coefficient (Wildman–Crippen LogP) is 2.15. The Kier molecular flexibility index (Phi) is 7.57. The van der Waals surface area contributed by atoms with Gasteiger partial charge < -0.3 is 10.2 Å². The highest BCUT2D eigenvalue weighted by molar-refractivity contribution is 8.00. The number of Topliss-reactive ketones (excluding diaryl/α,β-unsaturated/α-hetero) is 1. The third-order valence-corrected chi connectivity index (χ3v) is 7.58. The van der Waals surface area contributed by atoms with E-state index >= 15 is 0 Å². The van der Waals surface area contributed by atoms with Crippen molar-refractivity contribution in [3.05, 3.63) is 69.8 Å². The fourth-order valence-corrected chi connectivity index (χ4v) is 5.44. The van der Waals surface area contributed by atoms with E-state index in [0.717, 1.165) is 4.90 Å². The number of hydrogen-bond donors (Lipinski definition) is 3. The van der Waals surface area contributed by atoms with Crippen molar-refractivity contribution < 1.29 is 24.1 Å². The third-order valence-electron chi connectivity index (χ3n) is 6.36. The fraction of sp³-hybridized carbons (Fsp3) is 0.333. The van der Waals surface area contributed by atoms with E-state index in [9.17, 15) is 29.3 Å². The Morgan fingerprint density at radius 1 is 1.05 bits per heavy atom. The number of urea groups is 1. The number of nitro benzene ring substituents is 1. The van der Waals surface area contributed by atoms with Gasteiger partial charge in [-0.3, -0.25) is 40.0 Å². The summed E-state index contributed by atoms with van der Waals surface area (Å²) < 4.78 is 0. The first-order chi connectivity index (χ1) is 17.6. The molecule has 0 aromatic heterocycles. The highest BCUT2D eigenvalue weighted by Gasteiger charge is 2.51. The van der Waals surface area contributed by atoms with Crippen LogP contribution < -0.4 is 16.0 Å². The first-order valence-corrected chi connectivity index (χ1v) is 12.4. The molecule has 13 heteroatoms. The van der Waals surface area contributed by atoms with Crippen LogP contribution in [-0.4, -0.2) is 69.7 Å². The molecule has 4 unspecified atom stereocenters. The van der Waals surface area contributed by atoms with E-state index in [1.165, 1.54) is 42.8 Å². The van der Waals surface area contributed by atoms with Crippen LogP contribution in [0.3, 0.4) is 0 Å². The molecular weight excluding hydrogens is 500 g/mol. The van der Waals surface area contributed by atoms with E-state index in [1.807, 2.05) is 0 Å². The molecule has 2 saturated heterocycles. The maximum Gasteiger partial charge on any atom is 0.327 e. The van der Waals surface area contributed by atoms with E-state index < -0.39 is 34.6 Å². The molecule has 0 bridgehead atoms. The van der Waals surface area contributed by atoms with Gasteiger partial charge in [-0.05, 0) is 48.9 Å². The summed E-state index contributed by atoms with van der Waals surface area (Å²) in [5.74, 6) is -1.43. The monoisotopic (exact) mass is 526 g/mol. The van der Waals surface area contributed by atoms with Crippen LogP contribution in [0.5, 0.6) is 0 Å². The minimum Gasteiger partial charge on any atom is -0.325 e. The zero-order valence-corrected chi connectivity index (χ0v) is 21.2. The topological polar surface area (TPSA) is 154 Å². The average molecular weight is 527 g/mol. The highest BCUT2D eigenvalue weighted by atomic mass is 32.2. The van der Waals surface area contributed by atoms with Gasteiger partial charge in [0.15, 0.2) is 5.78 Å². The Hall–Kier alpha value is -3.81. The summed E-state index contributed by atoms with van der Waals surface area (Å²) in [4.78, 5) is 62.9. The van der Waals surface area contributed by atoms with Gasteiger partial charge in [-0.1, -0.05) is 0 Å². The number of nitrogens with zero attached hydrogens (tertiary/aromatic N) is 3. The number of non-ortho nitro benzene ring substituents is 1. The molecule has 4 rings (SSSR count). The van der Waals surface area contributed by atoms with E-state index in [-0.39, 0.29) is 29.0 Å². The summed E-state index contributed by atoms with van der Waals surface area (Å²) in [6.07, 6.45) is -1.19. The lowest BCUT2D eigenvalue weighted by atomic mass is 9.96. The number of rotatable bonds is 7. The van der Waals surface area contributed by atoms with Gasteiger partial charge in [0.1, 0.15) is 0 Å². The number of amides is 4. The molecule has 2 heterocycles. The Morgan fingerprint density at radius 2 is 1.70 bits per heavy atom. The second-order valence-corrected chi connectivity index (χ2v) is 9.92. The minimum absolute atomic E-state index is 0.0109. The number of thioether (sulfide) groups is 1. The maximum absolute atomic E-state index is 13.1. The quantitative estimate of drug-likeness (QED) is 0.280. The van der Waals surface area contributed by atoms with Crippen LogP contribution in [0.25, 0.3) is 0 Å². The summed E-state index contributed by atoms with van der Waals surface area (Å²) in [5.41, 5.74) is 1.69. The van der Waals surface area contributed by atoms with E-state index in [4.69, 9.17) is 0 Å². The van der Waals surface area contributed by atoms with Gasteiger partial charge in [-0.2, -0.15) is 0 Å². The lowest BCUT2D eigenvalue weighted by molar-refractivity contribution is -0.384. The van der Waals surface area contributed by atoms with Gasteiger partial charge in [0.05, 0.1) is 34.3 Å². The van der Waals surface area contributed by atoms with Gasteiger partial charge >= 0.3 is 6.03 Å².